The number of hydrogen-bond acceptors (Lipinski definition) is 4. The van der Waals surface area contributed by atoms with Crippen LogP contribution in [0.2, 0.25) is 0 Å². The summed E-state index contributed by atoms with van der Waals surface area (Å²) in [5.41, 5.74) is 0.633. The van der Waals surface area contributed by atoms with E-state index in [1.165, 1.54) is 0 Å². The van der Waals surface area contributed by atoms with Crippen LogP contribution in [0.1, 0.15) is 37.0 Å². The molecule has 0 radical (unpaired) electrons. The molecule has 7 nitrogen and oxygen atoms in total. The number of rotatable bonds is 6. The summed E-state index contributed by atoms with van der Waals surface area (Å²) in [6.45, 7) is 7.56. The Morgan fingerprint density at radius 3 is 2.44 bits per heavy atom. The van der Waals surface area contributed by atoms with Gasteiger partial charge in [0.25, 0.3) is 5.91 Å². The predicted octanol–water partition coefficient (Wildman–Crippen LogP) is 3.08. The number of ether oxygens (including phenoxy) is 1. The fourth-order valence-electron chi connectivity index (χ4n) is 5.12. The molecule has 2 saturated heterocycles. The summed E-state index contributed by atoms with van der Waals surface area (Å²) in [6, 6.07) is 9.87. The molecule has 1 aromatic carbocycles. The lowest BCUT2D eigenvalue weighted by atomic mass is 9.78. The SMILES string of the molecule is CC(C)C(=O)N1CCC([C@@H]2CN(C(=O)c3cnn(C)c3)C[C@H]2COc2ccccc2)CC1. The molecule has 2 aliphatic heterocycles. The van der Waals surface area contributed by atoms with E-state index in [2.05, 4.69) is 5.10 Å². The topological polar surface area (TPSA) is 67.7 Å². The average Bonchev–Trinajstić information content (AvgIpc) is 3.44. The highest BCUT2D eigenvalue weighted by molar-refractivity contribution is 5.94. The van der Waals surface area contributed by atoms with Gasteiger partial charge in [-0.15, -0.1) is 0 Å². The lowest BCUT2D eigenvalue weighted by molar-refractivity contribution is -0.136. The molecule has 0 N–H and O–H groups in total. The van der Waals surface area contributed by atoms with Crippen LogP contribution >= 0.6 is 0 Å². The molecule has 172 valence electrons. The highest BCUT2D eigenvalue weighted by Crippen LogP contribution is 2.37. The number of aromatic nitrogens is 2. The van der Waals surface area contributed by atoms with Crippen molar-refractivity contribution in [3.63, 3.8) is 0 Å². The monoisotopic (exact) mass is 438 g/mol. The van der Waals surface area contributed by atoms with E-state index in [4.69, 9.17) is 4.74 Å². The predicted molar refractivity (Wildman–Crippen MR) is 122 cm³/mol. The molecule has 0 bridgehead atoms. The molecule has 2 fully saturated rings. The number of carbonyl (C=O) groups excluding carboxylic acids is 2. The van der Waals surface area contributed by atoms with E-state index >= 15 is 0 Å². The first-order chi connectivity index (χ1) is 15.4. The van der Waals surface area contributed by atoms with Gasteiger partial charge in [0.15, 0.2) is 0 Å². The van der Waals surface area contributed by atoms with Gasteiger partial charge in [0.2, 0.25) is 5.91 Å². The van der Waals surface area contributed by atoms with Crippen molar-refractivity contribution in [1.29, 1.82) is 0 Å². The van der Waals surface area contributed by atoms with Gasteiger partial charge in [-0.2, -0.15) is 5.10 Å². The standard InChI is InChI=1S/C25H34N4O3/c1-18(2)24(30)28-11-9-19(10-12-28)23-16-29(25(31)20-13-26-27(3)14-20)15-21(23)17-32-22-7-5-4-6-8-22/h4-8,13-14,18-19,21,23H,9-12,15-17H2,1-3H3/t21-,23-/m0/s1. The maximum Gasteiger partial charge on any atom is 0.257 e. The Morgan fingerprint density at radius 2 is 1.81 bits per heavy atom. The zero-order chi connectivity index (χ0) is 22.7. The molecule has 4 rings (SSSR count). The molecule has 1 aromatic heterocycles. The Bertz CT molecular complexity index is 918. The quantitative estimate of drug-likeness (QED) is 0.695. The molecule has 2 atom stereocenters. The van der Waals surface area contributed by atoms with Crippen LogP contribution in [0.25, 0.3) is 0 Å². The van der Waals surface area contributed by atoms with Crippen LogP contribution in [0.4, 0.5) is 0 Å². The van der Waals surface area contributed by atoms with Crippen molar-refractivity contribution in [2.24, 2.45) is 30.7 Å². The Hall–Kier alpha value is -2.83. The third-order valence-corrected chi connectivity index (χ3v) is 6.89. The van der Waals surface area contributed by atoms with Crippen molar-refractivity contribution >= 4 is 11.8 Å². The van der Waals surface area contributed by atoms with Crippen LogP contribution in [0, 0.1) is 23.7 Å². The fraction of sp³-hybridized carbons (Fsp3) is 0.560. The van der Waals surface area contributed by atoms with Crippen LogP contribution in [0.3, 0.4) is 0 Å². The smallest absolute Gasteiger partial charge is 0.257 e. The summed E-state index contributed by atoms with van der Waals surface area (Å²) in [6.07, 6.45) is 5.39. The number of carbonyl (C=O) groups is 2. The van der Waals surface area contributed by atoms with Gasteiger partial charge in [0.1, 0.15) is 5.75 Å². The molecule has 0 saturated carbocycles. The Morgan fingerprint density at radius 1 is 1.09 bits per heavy atom. The van der Waals surface area contributed by atoms with Crippen LogP contribution in [-0.4, -0.2) is 64.2 Å². The van der Waals surface area contributed by atoms with E-state index in [1.54, 1.807) is 17.1 Å². The fourth-order valence-corrected chi connectivity index (χ4v) is 5.12. The van der Waals surface area contributed by atoms with Crippen LogP contribution in [0.5, 0.6) is 5.75 Å². The molecule has 0 unspecified atom stereocenters. The summed E-state index contributed by atoms with van der Waals surface area (Å²) in [7, 11) is 1.83. The van der Waals surface area contributed by atoms with Gasteiger partial charge < -0.3 is 14.5 Å². The van der Waals surface area contributed by atoms with Crippen LogP contribution in [-0.2, 0) is 11.8 Å². The third kappa shape index (κ3) is 4.97. The number of amides is 2. The van der Waals surface area contributed by atoms with Crippen molar-refractivity contribution in [1.82, 2.24) is 19.6 Å². The summed E-state index contributed by atoms with van der Waals surface area (Å²) < 4.78 is 7.79. The third-order valence-electron chi connectivity index (χ3n) is 6.89. The molecule has 0 spiro atoms. The van der Waals surface area contributed by atoms with Gasteiger partial charge >= 0.3 is 0 Å². The summed E-state index contributed by atoms with van der Waals surface area (Å²) >= 11 is 0. The summed E-state index contributed by atoms with van der Waals surface area (Å²) in [5, 5.41) is 4.16. The number of aryl methyl sites for hydroxylation is 1. The minimum Gasteiger partial charge on any atom is -0.493 e. The number of nitrogens with zero attached hydrogens (tertiary/aromatic N) is 4. The van der Waals surface area contributed by atoms with Crippen molar-refractivity contribution in [3.05, 3.63) is 48.3 Å². The lowest BCUT2D eigenvalue weighted by Gasteiger charge is -2.37. The molecule has 0 aliphatic carbocycles. The largest absolute Gasteiger partial charge is 0.493 e. The van der Waals surface area contributed by atoms with Gasteiger partial charge in [0.05, 0.1) is 18.4 Å². The number of likely N-dealkylation sites (tertiary alicyclic amines) is 2. The second kappa shape index (κ2) is 9.76. The summed E-state index contributed by atoms with van der Waals surface area (Å²) in [5.74, 6) is 2.31. The average molecular weight is 439 g/mol. The number of hydrogen-bond donors (Lipinski definition) is 0. The molecule has 7 heteroatoms. The van der Waals surface area contributed by atoms with E-state index in [9.17, 15) is 9.59 Å². The maximum absolute atomic E-state index is 13.1. The first kappa shape index (κ1) is 22.4. The lowest BCUT2D eigenvalue weighted by Crippen LogP contribution is -2.43. The first-order valence-electron chi connectivity index (χ1n) is 11.7. The van der Waals surface area contributed by atoms with E-state index in [0.29, 0.717) is 30.6 Å². The van der Waals surface area contributed by atoms with E-state index < -0.39 is 0 Å². The van der Waals surface area contributed by atoms with E-state index in [-0.39, 0.29) is 23.7 Å². The van der Waals surface area contributed by atoms with Crippen molar-refractivity contribution in [2.75, 3.05) is 32.8 Å². The van der Waals surface area contributed by atoms with Gasteiger partial charge in [-0.1, -0.05) is 32.0 Å². The number of benzene rings is 1. The van der Waals surface area contributed by atoms with Gasteiger partial charge in [-0.25, -0.2) is 0 Å². The molecule has 2 aromatic rings. The molecule has 3 heterocycles. The zero-order valence-electron chi connectivity index (χ0n) is 19.3. The Kier molecular flexibility index (Phi) is 6.82. The highest BCUT2D eigenvalue weighted by Gasteiger charge is 2.41. The Balaban J connectivity index is 1.44. The zero-order valence-corrected chi connectivity index (χ0v) is 19.3. The number of para-hydroxylation sites is 1. The van der Waals surface area contributed by atoms with Crippen LogP contribution < -0.4 is 4.74 Å². The highest BCUT2D eigenvalue weighted by atomic mass is 16.5. The molecule has 2 amide bonds. The van der Waals surface area contributed by atoms with Gasteiger partial charge in [-0.05, 0) is 36.8 Å². The number of piperidine rings is 1. The first-order valence-corrected chi connectivity index (χ1v) is 11.7. The van der Waals surface area contributed by atoms with Gasteiger partial charge in [-0.3, -0.25) is 14.3 Å². The second-order valence-corrected chi connectivity index (χ2v) is 9.48. The summed E-state index contributed by atoms with van der Waals surface area (Å²) in [4.78, 5) is 29.5. The maximum atomic E-state index is 13.1. The second-order valence-electron chi connectivity index (χ2n) is 9.48. The van der Waals surface area contributed by atoms with E-state index in [1.807, 2.05) is 61.0 Å². The minimum absolute atomic E-state index is 0.0395. The molecule has 2 aliphatic rings. The Labute approximate surface area is 190 Å². The molecule has 32 heavy (non-hydrogen) atoms. The van der Waals surface area contributed by atoms with E-state index in [0.717, 1.165) is 38.2 Å². The van der Waals surface area contributed by atoms with Crippen molar-refractivity contribution in [3.8, 4) is 5.75 Å². The molecular formula is C25H34N4O3. The normalized spacial score (nSPS) is 21.9. The minimum atomic E-state index is 0.0395. The van der Waals surface area contributed by atoms with Gasteiger partial charge in [0, 0.05) is 51.3 Å². The van der Waals surface area contributed by atoms with Crippen LogP contribution in [0.15, 0.2) is 42.7 Å². The van der Waals surface area contributed by atoms with Crippen molar-refractivity contribution in [2.45, 2.75) is 26.7 Å². The van der Waals surface area contributed by atoms with Crippen molar-refractivity contribution < 1.29 is 14.3 Å². The molecular weight excluding hydrogens is 404 g/mol.